The Kier molecular flexibility index (Phi) is 7.62. The lowest BCUT2D eigenvalue weighted by Gasteiger charge is -2.12. The van der Waals surface area contributed by atoms with Gasteiger partial charge in [-0.15, -0.1) is 0 Å². The maximum Gasteiger partial charge on any atom is 0.203 e. The minimum Gasteiger partial charge on any atom is -0.496 e. The molecule has 0 unspecified atom stereocenters. The lowest BCUT2D eigenvalue weighted by molar-refractivity contribution is 0.112. The fourth-order valence-corrected chi connectivity index (χ4v) is 2.16. The molecule has 24 heavy (non-hydrogen) atoms. The van der Waals surface area contributed by atoms with Gasteiger partial charge < -0.3 is 18.9 Å². The number of benzene rings is 2. The normalized spacial score (nSPS) is 9.42. The van der Waals surface area contributed by atoms with E-state index in [2.05, 4.69) is 0 Å². The third kappa shape index (κ3) is 4.91. The van der Waals surface area contributed by atoms with E-state index in [-0.39, 0.29) is 0 Å². The summed E-state index contributed by atoms with van der Waals surface area (Å²) in [5.74, 6) is 2.65. The molecule has 0 aliphatic heterocycles. The molecule has 0 spiro atoms. The molecule has 0 bridgehead atoms. The highest BCUT2D eigenvalue weighted by Gasteiger charge is 2.10. The fraction of sp³-hybridized carbons (Fsp3) is 0.316. The van der Waals surface area contributed by atoms with Crippen LogP contribution in [-0.4, -0.2) is 34.7 Å². The third-order valence-electron chi connectivity index (χ3n) is 3.32. The van der Waals surface area contributed by atoms with Crippen LogP contribution in [0, 0.1) is 13.8 Å². The molecule has 2 rings (SSSR count). The van der Waals surface area contributed by atoms with Crippen molar-refractivity contribution in [3.05, 3.63) is 47.0 Å². The number of carbonyl (C=O) groups is 1. The predicted octanol–water partition coefficient (Wildman–Crippen LogP) is 3.84. The second-order valence-corrected chi connectivity index (χ2v) is 5.07. The van der Waals surface area contributed by atoms with Crippen LogP contribution in [0.1, 0.15) is 21.5 Å². The zero-order chi connectivity index (χ0) is 18.1. The van der Waals surface area contributed by atoms with Crippen LogP contribution in [-0.2, 0) is 0 Å². The van der Waals surface area contributed by atoms with Crippen molar-refractivity contribution in [1.82, 2.24) is 0 Å². The largest absolute Gasteiger partial charge is 0.496 e. The number of hydrogen-bond acceptors (Lipinski definition) is 5. The van der Waals surface area contributed by atoms with Gasteiger partial charge in [-0.1, -0.05) is 11.6 Å². The number of carbonyl (C=O) groups excluding carboxylic acids is 1. The molecule has 0 saturated carbocycles. The molecule has 0 N–H and O–H groups in total. The van der Waals surface area contributed by atoms with Gasteiger partial charge in [0.05, 0.1) is 34.0 Å². The number of hydrogen-bond donors (Lipinski definition) is 0. The van der Waals surface area contributed by atoms with Crippen LogP contribution >= 0.6 is 0 Å². The predicted molar refractivity (Wildman–Crippen MR) is 94.0 cm³/mol. The second-order valence-electron chi connectivity index (χ2n) is 5.07. The van der Waals surface area contributed by atoms with Gasteiger partial charge in [0.25, 0.3) is 0 Å². The highest BCUT2D eigenvalue weighted by molar-refractivity contribution is 5.79. The van der Waals surface area contributed by atoms with Gasteiger partial charge in [0.1, 0.15) is 5.75 Å². The maximum atomic E-state index is 10.5. The van der Waals surface area contributed by atoms with Crippen molar-refractivity contribution in [2.75, 3.05) is 28.4 Å². The lowest BCUT2D eigenvalue weighted by Crippen LogP contribution is -1.95. The van der Waals surface area contributed by atoms with Crippen LogP contribution in [0.2, 0.25) is 0 Å². The highest BCUT2D eigenvalue weighted by atomic mass is 16.5. The van der Waals surface area contributed by atoms with E-state index in [9.17, 15) is 4.79 Å². The van der Waals surface area contributed by atoms with Crippen molar-refractivity contribution in [2.45, 2.75) is 13.8 Å². The summed E-state index contributed by atoms with van der Waals surface area (Å²) in [6.45, 7) is 3.91. The Bertz CT molecular complexity index is 654. The molecule has 0 aromatic heterocycles. The third-order valence-corrected chi connectivity index (χ3v) is 3.32. The van der Waals surface area contributed by atoms with Gasteiger partial charge >= 0.3 is 0 Å². The van der Waals surface area contributed by atoms with Crippen LogP contribution in [0.5, 0.6) is 23.0 Å². The zero-order valence-electron chi connectivity index (χ0n) is 15.0. The first-order chi connectivity index (χ1) is 11.5. The Labute approximate surface area is 143 Å². The SMILES string of the molecule is COc1cc(C)cc(OC)c1OC.COc1ccc(C)cc1C=O. The van der Waals surface area contributed by atoms with E-state index in [1.54, 1.807) is 40.6 Å². The van der Waals surface area contributed by atoms with Gasteiger partial charge in [-0.05, 0) is 43.7 Å². The van der Waals surface area contributed by atoms with Crippen molar-refractivity contribution in [2.24, 2.45) is 0 Å². The Hall–Kier alpha value is -2.69. The molecule has 0 aliphatic carbocycles. The lowest BCUT2D eigenvalue weighted by atomic mass is 10.1. The monoisotopic (exact) mass is 332 g/mol. The van der Waals surface area contributed by atoms with Gasteiger partial charge in [-0.2, -0.15) is 0 Å². The number of rotatable bonds is 5. The summed E-state index contributed by atoms with van der Waals surface area (Å²) < 4.78 is 20.4. The number of aldehydes is 1. The van der Waals surface area contributed by atoms with E-state index in [1.807, 2.05) is 32.0 Å². The summed E-state index contributed by atoms with van der Waals surface area (Å²) in [7, 11) is 6.36. The molecule has 0 amide bonds. The smallest absolute Gasteiger partial charge is 0.203 e. The van der Waals surface area contributed by atoms with E-state index in [0.29, 0.717) is 28.6 Å². The molecule has 0 radical (unpaired) electrons. The molecule has 5 nitrogen and oxygen atoms in total. The minimum absolute atomic E-state index is 0.604. The van der Waals surface area contributed by atoms with E-state index < -0.39 is 0 Å². The fourth-order valence-electron chi connectivity index (χ4n) is 2.16. The maximum absolute atomic E-state index is 10.5. The van der Waals surface area contributed by atoms with E-state index in [0.717, 1.165) is 17.4 Å². The van der Waals surface area contributed by atoms with Crippen LogP contribution in [0.25, 0.3) is 0 Å². The van der Waals surface area contributed by atoms with Gasteiger partial charge in [0.2, 0.25) is 5.75 Å². The first-order valence-electron chi connectivity index (χ1n) is 7.37. The van der Waals surface area contributed by atoms with Crippen molar-refractivity contribution >= 4 is 6.29 Å². The number of aryl methyl sites for hydroxylation is 2. The van der Waals surface area contributed by atoms with Crippen LogP contribution in [0.4, 0.5) is 0 Å². The molecular weight excluding hydrogens is 308 g/mol. The topological polar surface area (TPSA) is 54.0 Å². The highest BCUT2D eigenvalue weighted by Crippen LogP contribution is 2.37. The average molecular weight is 332 g/mol. The Morgan fingerprint density at radius 2 is 1.25 bits per heavy atom. The van der Waals surface area contributed by atoms with Gasteiger partial charge in [0, 0.05) is 0 Å². The summed E-state index contributed by atoms with van der Waals surface area (Å²) in [4.78, 5) is 10.5. The Morgan fingerprint density at radius 1 is 0.708 bits per heavy atom. The van der Waals surface area contributed by atoms with Crippen molar-refractivity contribution in [3.8, 4) is 23.0 Å². The summed E-state index contributed by atoms with van der Waals surface area (Å²) in [6, 6.07) is 9.30. The molecule has 130 valence electrons. The zero-order valence-corrected chi connectivity index (χ0v) is 15.0. The Morgan fingerprint density at radius 3 is 1.67 bits per heavy atom. The molecule has 0 aliphatic rings. The summed E-state index contributed by atoms with van der Waals surface area (Å²) in [6.07, 6.45) is 0.797. The van der Waals surface area contributed by atoms with Crippen LogP contribution in [0.15, 0.2) is 30.3 Å². The quantitative estimate of drug-likeness (QED) is 0.779. The first kappa shape index (κ1) is 19.4. The second kappa shape index (κ2) is 9.45. The summed E-state index contributed by atoms with van der Waals surface area (Å²) in [5.41, 5.74) is 2.75. The Balaban J connectivity index is 0.000000243. The molecule has 0 saturated heterocycles. The van der Waals surface area contributed by atoms with Crippen LogP contribution in [0.3, 0.4) is 0 Å². The first-order valence-corrected chi connectivity index (χ1v) is 7.37. The number of ether oxygens (including phenoxy) is 4. The van der Waals surface area contributed by atoms with E-state index in [4.69, 9.17) is 18.9 Å². The minimum atomic E-state index is 0.604. The molecule has 2 aromatic carbocycles. The number of methoxy groups -OCH3 is 4. The van der Waals surface area contributed by atoms with Crippen LogP contribution < -0.4 is 18.9 Å². The van der Waals surface area contributed by atoms with Crippen molar-refractivity contribution < 1.29 is 23.7 Å². The summed E-state index contributed by atoms with van der Waals surface area (Å²) in [5, 5.41) is 0. The standard InChI is InChI=1S/C10H14O3.C9H10O2/c1-7-5-8(11-2)10(13-4)9(6-7)12-3;1-7-3-4-9(11-2)8(5-7)6-10/h5-6H,1-4H3;3-6H,1-2H3. The van der Waals surface area contributed by atoms with Gasteiger partial charge in [-0.3, -0.25) is 4.79 Å². The summed E-state index contributed by atoms with van der Waals surface area (Å²) >= 11 is 0. The molecule has 2 aromatic rings. The van der Waals surface area contributed by atoms with Gasteiger partial charge in [-0.25, -0.2) is 0 Å². The molecular formula is C19H24O5. The molecule has 0 fully saturated rings. The van der Waals surface area contributed by atoms with Crippen molar-refractivity contribution in [1.29, 1.82) is 0 Å². The van der Waals surface area contributed by atoms with E-state index >= 15 is 0 Å². The van der Waals surface area contributed by atoms with Gasteiger partial charge in [0.15, 0.2) is 17.8 Å². The molecule has 0 atom stereocenters. The molecule has 5 heteroatoms. The van der Waals surface area contributed by atoms with Crippen molar-refractivity contribution in [3.63, 3.8) is 0 Å². The average Bonchev–Trinajstić information content (AvgIpc) is 2.61. The van der Waals surface area contributed by atoms with E-state index in [1.165, 1.54) is 0 Å². The molecule has 0 heterocycles.